The van der Waals surface area contributed by atoms with E-state index in [-0.39, 0.29) is 12.3 Å². The lowest BCUT2D eigenvalue weighted by atomic mass is 10.0. The van der Waals surface area contributed by atoms with Crippen LogP contribution in [0.5, 0.6) is 5.75 Å². The molecule has 2 aromatic carbocycles. The maximum absolute atomic E-state index is 12.7. The van der Waals surface area contributed by atoms with E-state index in [0.29, 0.717) is 10.7 Å². The third kappa shape index (κ3) is 8.49. The highest BCUT2D eigenvalue weighted by Crippen LogP contribution is 2.25. The Morgan fingerprint density at radius 1 is 0.905 bits per heavy atom. The smallest absolute Gasteiger partial charge is 0.326 e. The van der Waals surface area contributed by atoms with Gasteiger partial charge in [-0.25, -0.2) is 14.8 Å². The molecule has 0 bridgehead atoms. The molecule has 1 amide bonds. The molecule has 0 spiro atoms. The van der Waals surface area contributed by atoms with E-state index in [4.69, 9.17) is 4.74 Å². The van der Waals surface area contributed by atoms with E-state index in [1.807, 2.05) is 68.4 Å². The Morgan fingerprint density at radius 2 is 1.57 bits per heavy atom. The highest BCUT2D eigenvalue weighted by molar-refractivity contribution is 7.14. The number of ether oxygens (including phenoxy) is 1. The topological polar surface area (TPSA) is 101 Å². The summed E-state index contributed by atoms with van der Waals surface area (Å²) in [5.74, 6) is 0.0117. The highest BCUT2D eigenvalue weighted by atomic mass is 32.1. The molecule has 42 heavy (non-hydrogen) atoms. The van der Waals surface area contributed by atoms with Crippen molar-refractivity contribution in [3.05, 3.63) is 87.9 Å². The summed E-state index contributed by atoms with van der Waals surface area (Å²) >= 11 is 1.41. The molecule has 0 saturated carbocycles. The summed E-state index contributed by atoms with van der Waals surface area (Å²) in [5.41, 5.74) is 4.59. The number of thiophene rings is 1. The summed E-state index contributed by atoms with van der Waals surface area (Å²) in [5, 5.41) is 12.4. The fourth-order valence-corrected chi connectivity index (χ4v) is 5.72. The number of carbonyl (C=O) groups excluding carboxylic acids is 1. The monoisotopic (exact) mass is 585 g/mol. The van der Waals surface area contributed by atoms with Gasteiger partial charge in [0.15, 0.2) is 5.82 Å². The van der Waals surface area contributed by atoms with Crippen molar-refractivity contribution in [3.8, 4) is 28.3 Å². The molecule has 1 atom stereocenters. The molecule has 0 aliphatic carbocycles. The number of hydrogen-bond acceptors (Lipinski definition) is 6. The standard InChI is InChI=1S/C34H39N3O4S/c1-4-6-7-8-9-18-41-28-16-14-25(15-17-28)27-21-35-32(36-22-27)26-12-10-24(11-13-26)20-29(34(39)40)37-33(38)31-19-23(3)30(5-2)42-31/h10-17,19,21-22,29H,4-9,18,20H2,1-3H3,(H,37,38)(H,39,40). The van der Waals surface area contributed by atoms with Gasteiger partial charge in [0, 0.05) is 34.8 Å². The number of amides is 1. The zero-order valence-electron chi connectivity index (χ0n) is 24.6. The Balaban J connectivity index is 1.33. The second-order valence-electron chi connectivity index (χ2n) is 10.4. The summed E-state index contributed by atoms with van der Waals surface area (Å²) < 4.78 is 5.87. The highest BCUT2D eigenvalue weighted by Gasteiger charge is 2.22. The van der Waals surface area contributed by atoms with Crippen LogP contribution in [0.25, 0.3) is 22.5 Å². The van der Waals surface area contributed by atoms with Crippen molar-refractivity contribution in [2.75, 3.05) is 6.61 Å². The second kappa shape index (κ2) is 15.3. The lowest BCUT2D eigenvalue weighted by Crippen LogP contribution is -2.42. The molecule has 220 valence electrons. The number of aliphatic carboxylic acids is 1. The minimum absolute atomic E-state index is 0.171. The first-order chi connectivity index (χ1) is 20.4. The third-order valence-corrected chi connectivity index (χ3v) is 8.56. The molecule has 2 N–H and O–H groups in total. The normalized spacial score (nSPS) is 11.7. The lowest BCUT2D eigenvalue weighted by molar-refractivity contribution is -0.139. The SMILES string of the molecule is CCCCCCCOc1ccc(-c2cnc(-c3ccc(CC(NC(=O)c4cc(C)c(CC)s4)C(=O)O)cc3)nc2)cc1. The molecule has 4 aromatic rings. The number of carboxylic acid groups (broad SMARTS) is 1. The third-order valence-electron chi connectivity index (χ3n) is 7.18. The van der Waals surface area contributed by atoms with Crippen molar-refractivity contribution in [2.45, 2.75) is 71.8 Å². The van der Waals surface area contributed by atoms with E-state index in [1.54, 1.807) is 12.4 Å². The Hall–Kier alpha value is -4.04. The zero-order valence-corrected chi connectivity index (χ0v) is 25.4. The summed E-state index contributed by atoms with van der Waals surface area (Å²) in [6, 6.07) is 16.2. The number of aryl methyl sites for hydroxylation is 2. The number of benzene rings is 2. The number of nitrogens with zero attached hydrogens (tertiary/aromatic N) is 2. The van der Waals surface area contributed by atoms with Crippen molar-refractivity contribution in [1.82, 2.24) is 15.3 Å². The maximum Gasteiger partial charge on any atom is 0.326 e. The summed E-state index contributed by atoms with van der Waals surface area (Å²) in [4.78, 5) is 35.4. The molecule has 0 aliphatic heterocycles. The fourth-order valence-electron chi connectivity index (χ4n) is 4.70. The molecule has 2 aromatic heterocycles. The average molecular weight is 586 g/mol. The second-order valence-corrected chi connectivity index (χ2v) is 11.6. The molecule has 0 aliphatic rings. The van der Waals surface area contributed by atoms with Gasteiger partial charge in [-0.15, -0.1) is 11.3 Å². The number of nitrogens with one attached hydrogen (secondary N) is 1. The van der Waals surface area contributed by atoms with E-state index in [1.165, 1.54) is 37.0 Å². The van der Waals surface area contributed by atoms with Crippen LogP contribution in [0.15, 0.2) is 67.0 Å². The Labute approximate surface area is 252 Å². The average Bonchev–Trinajstić information content (AvgIpc) is 3.40. The lowest BCUT2D eigenvalue weighted by Gasteiger charge is -2.14. The van der Waals surface area contributed by atoms with Gasteiger partial charge in [0.1, 0.15) is 11.8 Å². The number of unbranched alkanes of at least 4 members (excludes halogenated alkanes) is 4. The van der Waals surface area contributed by atoms with Crippen LogP contribution in [0.1, 0.15) is 71.6 Å². The van der Waals surface area contributed by atoms with Gasteiger partial charge in [-0.3, -0.25) is 4.79 Å². The van der Waals surface area contributed by atoms with Gasteiger partial charge in [-0.1, -0.05) is 75.9 Å². The quantitative estimate of drug-likeness (QED) is 0.140. The van der Waals surface area contributed by atoms with E-state index in [9.17, 15) is 14.7 Å². The summed E-state index contributed by atoms with van der Waals surface area (Å²) in [6.07, 6.45) is 10.7. The first kappa shape index (κ1) is 30.9. The fraction of sp³-hybridized carbons (Fsp3) is 0.353. The Bertz CT molecular complexity index is 1450. The number of carbonyl (C=O) groups is 2. The van der Waals surface area contributed by atoms with E-state index in [2.05, 4.69) is 22.2 Å². The maximum atomic E-state index is 12.7. The minimum atomic E-state index is -1.07. The molecule has 0 radical (unpaired) electrons. The zero-order chi connectivity index (χ0) is 29.9. The summed E-state index contributed by atoms with van der Waals surface area (Å²) in [6.45, 7) is 6.95. The van der Waals surface area contributed by atoms with Crippen LogP contribution in [0.2, 0.25) is 0 Å². The van der Waals surface area contributed by atoms with E-state index >= 15 is 0 Å². The first-order valence-corrected chi connectivity index (χ1v) is 15.5. The molecule has 0 saturated heterocycles. The van der Waals surface area contributed by atoms with Gasteiger partial charge in [0.25, 0.3) is 5.91 Å². The number of rotatable bonds is 15. The van der Waals surface area contributed by atoms with Crippen LogP contribution >= 0.6 is 11.3 Å². The van der Waals surface area contributed by atoms with Crippen molar-refractivity contribution >= 4 is 23.2 Å². The first-order valence-electron chi connectivity index (χ1n) is 14.7. The van der Waals surface area contributed by atoms with Crippen LogP contribution in [-0.2, 0) is 17.6 Å². The number of hydrogen-bond donors (Lipinski definition) is 2. The molecule has 1 unspecified atom stereocenters. The van der Waals surface area contributed by atoms with Crippen LogP contribution in [0.3, 0.4) is 0 Å². The van der Waals surface area contributed by atoms with Crippen molar-refractivity contribution < 1.29 is 19.4 Å². The molecule has 7 nitrogen and oxygen atoms in total. The molecular formula is C34H39N3O4S. The van der Waals surface area contributed by atoms with Gasteiger partial charge in [0.05, 0.1) is 11.5 Å². The van der Waals surface area contributed by atoms with Gasteiger partial charge < -0.3 is 15.2 Å². The Morgan fingerprint density at radius 3 is 2.19 bits per heavy atom. The predicted octanol–water partition coefficient (Wildman–Crippen LogP) is 7.52. The summed E-state index contributed by atoms with van der Waals surface area (Å²) in [7, 11) is 0. The largest absolute Gasteiger partial charge is 0.494 e. The van der Waals surface area contributed by atoms with Crippen molar-refractivity contribution in [1.29, 1.82) is 0 Å². The van der Waals surface area contributed by atoms with Gasteiger partial charge in [-0.05, 0) is 54.7 Å². The van der Waals surface area contributed by atoms with Gasteiger partial charge in [0.2, 0.25) is 0 Å². The van der Waals surface area contributed by atoms with Crippen LogP contribution in [0, 0.1) is 6.92 Å². The minimum Gasteiger partial charge on any atom is -0.494 e. The van der Waals surface area contributed by atoms with Crippen molar-refractivity contribution in [3.63, 3.8) is 0 Å². The predicted molar refractivity (Wildman–Crippen MR) is 168 cm³/mol. The number of carboxylic acids is 1. The van der Waals surface area contributed by atoms with Crippen LogP contribution in [0.4, 0.5) is 0 Å². The molecule has 4 rings (SSSR count). The van der Waals surface area contributed by atoms with E-state index in [0.717, 1.165) is 57.9 Å². The molecule has 2 heterocycles. The molecule has 8 heteroatoms. The molecule has 0 fully saturated rings. The van der Waals surface area contributed by atoms with Crippen LogP contribution < -0.4 is 10.1 Å². The van der Waals surface area contributed by atoms with Gasteiger partial charge in [-0.2, -0.15) is 0 Å². The van der Waals surface area contributed by atoms with E-state index < -0.39 is 12.0 Å². The van der Waals surface area contributed by atoms with Crippen LogP contribution in [-0.4, -0.2) is 39.6 Å². The van der Waals surface area contributed by atoms with Gasteiger partial charge >= 0.3 is 5.97 Å². The van der Waals surface area contributed by atoms with Crippen molar-refractivity contribution in [2.24, 2.45) is 0 Å². The Kier molecular flexibility index (Phi) is 11.2. The molecular weight excluding hydrogens is 546 g/mol. The number of aromatic nitrogens is 2.